The number of alkyl halides is 1. The topological polar surface area (TPSA) is 85.9 Å². The van der Waals surface area contributed by atoms with Crippen molar-refractivity contribution in [2.24, 2.45) is 0 Å². The third-order valence-corrected chi connectivity index (χ3v) is 6.64. The third-order valence-electron chi connectivity index (χ3n) is 6.64. The normalized spacial score (nSPS) is 15.8. The quantitative estimate of drug-likeness (QED) is 0.473. The number of fused-ring (bicyclic) bond motifs is 1. The molecule has 0 atom stereocenters. The fraction of sp³-hybridized carbons (Fsp3) is 0.370. The Morgan fingerprint density at radius 1 is 1.03 bits per heavy atom. The molecule has 194 valence electrons. The number of rotatable bonds is 8. The average molecular weight is 506 g/mol. The Bertz CT molecular complexity index is 1250. The lowest BCUT2D eigenvalue weighted by molar-refractivity contribution is -0.121. The summed E-state index contributed by atoms with van der Waals surface area (Å²) in [6.07, 6.45) is 2.04. The molecule has 0 spiro atoms. The number of piperazine rings is 1. The number of anilines is 6. The Morgan fingerprint density at radius 2 is 1.78 bits per heavy atom. The molecule has 37 heavy (non-hydrogen) atoms. The third kappa shape index (κ3) is 5.75. The Kier molecular flexibility index (Phi) is 7.36. The molecule has 0 radical (unpaired) electrons. The molecule has 1 saturated heterocycles. The van der Waals surface area contributed by atoms with E-state index in [2.05, 4.69) is 49.6 Å². The number of aromatic nitrogens is 2. The van der Waals surface area contributed by atoms with Gasteiger partial charge in [0.05, 0.1) is 12.4 Å². The minimum Gasteiger partial charge on any atom is -0.482 e. The van der Waals surface area contributed by atoms with E-state index in [1.807, 2.05) is 37.3 Å². The summed E-state index contributed by atoms with van der Waals surface area (Å²) < 4.78 is 18.3. The van der Waals surface area contributed by atoms with Crippen molar-refractivity contribution in [2.75, 3.05) is 73.5 Å². The average Bonchev–Trinajstić information content (AvgIpc) is 2.91. The summed E-state index contributed by atoms with van der Waals surface area (Å²) in [5.41, 5.74) is 4.35. The van der Waals surface area contributed by atoms with Gasteiger partial charge in [-0.3, -0.25) is 9.18 Å². The van der Waals surface area contributed by atoms with Crippen LogP contribution in [0.2, 0.25) is 0 Å². The van der Waals surface area contributed by atoms with Crippen molar-refractivity contribution >= 4 is 40.4 Å². The number of carbonyl (C=O) groups is 1. The lowest BCUT2D eigenvalue weighted by Crippen LogP contribution is -2.44. The molecular weight excluding hydrogens is 473 g/mol. The molecule has 0 saturated carbocycles. The van der Waals surface area contributed by atoms with Crippen LogP contribution in [-0.4, -0.2) is 73.8 Å². The first-order valence-electron chi connectivity index (χ1n) is 12.5. The van der Waals surface area contributed by atoms with Crippen LogP contribution in [0.4, 0.5) is 38.9 Å². The second-order valence-electron chi connectivity index (χ2n) is 9.37. The number of aryl methyl sites for hydroxylation is 1. The van der Waals surface area contributed by atoms with Gasteiger partial charge in [-0.05, 0) is 62.9 Å². The van der Waals surface area contributed by atoms with E-state index in [0.29, 0.717) is 29.7 Å². The molecule has 5 rings (SSSR count). The highest BCUT2D eigenvalue weighted by molar-refractivity contribution is 5.98. The van der Waals surface area contributed by atoms with Gasteiger partial charge in [-0.2, -0.15) is 4.98 Å². The van der Waals surface area contributed by atoms with E-state index in [-0.39, 0.29) is 18.9 Å². The summed E-state index contributed by atoms with van der Waals surface area (Å²) in [5, 5.41) is 6.61. The van der Waals surface area contributed by atoms with Gasteiger partial charge in [-0.15, -0.1) is 0 Å². The summed E-state index contributed by atoms with van der Waals surface area (Å²) in [4.78, 5) is 27.8. The number of ether oxygens (including phenoxy) is 1. The molecule has 3 aromatic rings. The molecule has 2 aliphatic heterocycles. The van der Waals surface area contributed by atoms with Crippen LogP contribution < -0.4 is 25.2 Å². The summed E-state index contributed by atoms with van der Waals surface area (Å²) in [6, 6.07) is 13.8. The zero-order valence-corrected chi connectivity index (χ0v) is 21.2. The van der Waals surface area contributed by atoms with Gasteiger partial charge in [-0.25, -0.2) is 4.98 Å². The van der Waals surface area contributed by atoms with E-state index in [0.717, 1.165) is 43.1 Å². The first-order valence-corrected chi connectivity index (χ1v) is 12.5. The molecule has 0 unspecified atom stereocenters. The summed E-state index contributed by atoms with van der Waals surface area (Å²) in [7, 11) is 2.15. The first-order chi connectivity index (χ1) is 18.0. The summed E-state index contributed by atoms with van der Waals surface area (Å²) >= 11 is 0. The molecular formula is C27H32FN7O2. The molecule has 2 aliphatic rings. The molecule has 9 nitrogen and oxygen atoms in total. The maximum Gasteiger partial charge on any atom is 0.265 e. The fourth-order valence-electron chi connectivity index (χ4n) is 4.46. The van der Waals surface area contributed by atoms with Crippen molar-refractivity contribution in [3.8, 4) is 5.75 Å². The number of hydrogen-bond donors (Lipinski definition) is 2. The predicted octanol–water partition coefficient (Wildman–Crippen LogP) is 4.11. The summed E-state index contributed by atoms with van der Waals surface area (Å²) in [5.74, 6) is 1.54. The maximum absolute atomic E-state index is 12.8. The van der Waals surface area contributed by atoms with Gasteiger partial charge in [0.1, 0.15) is 11.6 Å². The predicted molar refractivity (Wildman–Crippen MR) is 144 cm³/mol. The van der Waals surface area contributed by atoms with E-state index in [9.17, 15) is 9.18 Å². The smallest absolute Gasteiger partial charge is 0.265 e. The number of carbonyl (C=O) groups excluding carboxylic acids is 1. The van der Waals surface area contributed by atoms with Gasteiger partial charge in [0, 0.05) is 61.5 Å². The van der Waals surface area contributed by atoms with Crippen molar-refractivity contribution in [3.63, 3.8) is 0 Å². The van der Waals surface area contributed by atoms with Crippen LogP contribution in [0.25, 0.3) is 0 Å². The van der Waals surface area contributed by atoms with Gasteiger partial charge in [-0.1, -0.05) is 0 Å². The van der Waals surface area contributed by atoms with Gasteiger partial charge in [0.15, 0.2) is 6.61 Å². The molecule has 3 heterocycles. The second kappa shape index (κ2) is 11.0. The van der Waals surface area contributed by atoms with Crippen LogP contribution in [0.15, 0.2) is 48.7 Å². The van der Waals surface area contributed by atoms with E-state index in [1.54, 1.807) is 11.1 Å². The van der Waals surface area contributed by atoms with Crippen molar-refractivity contribution in [1.29, 1.82) is 0 Å². The largest absolute Gasteiger partial charge is 0.482 e. The Hall–Kier alpha value is -3.92. The SMILES string of the molecule is Cc1cnc(Nc2ccc(N3CCN(C)CC3)cc2)nc1Nc1ccc2c(c1)N(CCCF)C(=O)CO2. The highest BCUT2D eigenvalue weighted by Crippen LogP contribution is 2.35. The first kappa shape index (κ1) is 24.8. The van der Waals surface area contributed by atoms with Crippen molar-refractivity contribution in [3.05, 3.63) is 54.2 Å². The van der Waals surface area contributed by atoms with Gasteiger partial charge in [0.2, 0.25) is 5.95 Å². The van der Waals surface area contributed by atoms with Gasteiger partial charge >= 0.3 is 0 Å². The molecule has 10 heteroatoms. The van der Waals surface area contributed by atoms with Crippen molar-refractivity contribution in [2.45, 2.75) is 13.3 Å². The number of benzene rings is 2. The zero-order valence-electron chi connectivity index (χ0n) is 21.2. The number of hydrogen-bond acceptors (Lipinski definition) is 8. The summed E-state index contributed by atoms with van der Waals surface area (Å²) in [6.45, 7) is 5.89. The maximum atomic E-state index is 12.8. The minimum absolute atomic E-state index is 0.0392. The monoisotopic (exact) mass is 505 g/mol. The Morgan fingerprint density at radius 3 is 2.54 bits per heavy atom. The van der Waals surface area contributed by atoms with Gasteiger partial charge < -0.3 is 30.1 Å². The zero-order chi connectivity index (χ0) is 25.8. The highest BCUT2D eigenvalue weighted by atomic mass is 19.1. The van der Waals surface area contributed by atoms with Crippen LogP contribution >= 0.6 is 0 Å². The Labute approximate surface area is 216 Å². The second-order valence-corrected chi connectivity index (χ2v) is 9.37. The van der Waals surface area contributed by atoms with Crippen LogP contribution in [0, 0.1) is 6.92 Å². The molecule has 1 amide bonds. The van der Waals surface area contributed by atoms with E-state index < -0.39 is 6.67 Å². The number of amides is 1. The fourth-order valence-corrected chi connectivity index (χ4v) is 4.46. The van der Waals surface area contributed by atoms with Crippen LogP contribution in [-0.2, 0) is 4.79 Å². The molecule has 1 aromatic heterocycles. The van der Waals surface area contributed by atoms with Crippen LogP contribution in [0.5, 0.6) is 5.75 Å². The lowest BCUT2D eigenvalue weighted by Gasteiger charge is -2.34. The number of nitrogens with zero attached hydrogens (tertiary/aromatic N) is 5. The minimum atomic E-state index is -0.480. The molecule has 1 fully saturated rings. The standard InChI is InChI=1S/C27H32FN7O2/c1-19-17-29-27(31-20-4-7-22(8-5-20)34-14-12-33(2)13-15-34)32-26(19)30-21-6-9-24-23(16-21)35(11-3-10-28)25(36)18-37-24/h4-9,16-17H,3,10-15,18H2,1-2H3,(H2,29,30,31,32). The van der Waals surface area contributed by atoms with Gasteiger partial charge in [0.25, 0.3) is 5.91 Å². The Balaban J connectivity index is 1.29. The van der Waals surface area contributed by atoms with Crippen LogP contribution in [0.3, 0.4) is 0 Å². The van der Waals surface area contributed by atoms with E-state index in [1.165, 1.54) is 5.69 Å². The van der Waals surface area contributed by atoms with Crippen molar-refractivity contribution < 1.29 is 13.9 Å². The van der Waals surface area contributed by atoms with E-state index >= 15 is 0 Å². The lowest BCUT2D eigenvalue weighted by atomic mass is 10.2. The molecule has 2 aromatic carbocycles. The molecule has 0 bridgehead atoms. The highest BCUT2D eigenvalue weighted by Gasteiger charge is 2.25. The number of nitrogens with one attached hydrogen (secondary N) is 2. The van der Waals surface area contributed by atoms with Crippen LogP contribution in [0.1, 0.15) is 12.0 Å². The van der Waals surface area contributed by atoms with E-state index in [4.69, 9.17) is 4.74 Å². The van der Waals surface area contributed by atoms with Crippen molar-refractivity contribution in [1.82, 2.24) is 14.9 Å². The number of likely N-dealkylation sites (N-methyl/N-ethyl adjacent to an activating group) is 1. The number of halogens is 1. The molecule has 0 aliphatic carbocycles. The molecule has 2 N–H and O–H groups in total.